The highest BCUT2D eigenvalue weighted by Crippen LogP contribution is 2.37. The molecule has 2 rings (SSSR count). The molecule has 0 fully saturated rings. The second kappa shape index (κ2) is 9.05. The van der Waals surface area contributed by atoms with Crippen molar-refractivity contribution < 1.29 is 14.3 Å². The second-order valence-electron chi connectivity index (χ2n) is 8.28. The topological polar surface area (TPSA) is 46.5 Å². The number of aromatic carboxylic acids is 1. The molecule has 3 nitrogen and oxygen atoms in total. The third-order valence-corrected chi connectivity index (χ3v) is 9.57. The molecular formula is C24H28O3Si. The number of benzene rings is 2. The zero-order valence-electron chi connectivity index (χ0n) is 17.2. The summed E-state index contributed by atoms with van der Waals surface area (Å²) in [4.78, 5) is 10.8. The Labute approximate surface area is 169 Å². The van der Waals surface area contributed by atoms with Gasteiger partial charge in [-0.2, -0.15) is 0 Å². The highest BCUT2D eigenvalue weighted by Gasteiger charge is 2.36. The minimum Gasteiger partial charge on any atom is -0.478 e. The van der Waals surface area contributed by atoms with Gasteiger partial charge >= 0.3 is 5.97 Å². The fourth-order valence-corrected chi connectivity index (χ4v) is 3.12. The molecule has 0 aliphatic carbocycles. The van der Waals surface area contributed by atoms with Crippen molar-refractivity contribution in [3.63, 3.8) is 0 Å². The molecule has 0 bridgehead atoms. The Morgan fingerprint density at radius 1 is 1.07 bits per heavy atom. The normalized spacial score (nSPS) is 11.9. The average molecular weight is 393 g/mol. The van der Waals surface area contributed by atoms with Crippen LogP contribution in [0.4, 0.5) is 0 Å². The van der Waals surface area contributed by atoms with E-state index in [-0.39, 0.29) is 10.6 Å². The molecule has 146 valence electrons. The van der Waals surface area contributed by atoms with Crippen LogP contribution in [0.2, 0.25) is 18.1 Å². The van der Waals surface area contributed by atoms with E-state index in [4.69, 9.17) is 9.53 Å². The van der Waals surface area contributed by atoms with Gasteiger partial charge in [0.05, 0.1) is 12.2 Å². The summed E-state index contributed by atoms with van der Waals surface area (Å²) in [6.45, 7) is 11.9. The monoisotopic (exact) mass is 392 g/mol. The predicted molar refractivity (Wildman–Crippen MR) is 118 cm³/mol. The van der Waals surface area contributed by atoms with Crippen LogP contribution in [0.25, 0.3) is 6.08 Å². The van der Waals surface area contributed by atoms with Crippen LogP contribution in [0.5, 0.6) is 0 Å². The standard InChI is InChI=1S/C24H28O3Si/c1-24(2,3)28(4,5)27-18-21-12-10-19(11-13-21)8-6-7-9-20-14-16-22(17-15-20)23(25)26/h6,8,10-17H,18H2,1-5H3,(H,25,26)/b8-6+. The van der Waals surface area contributed by atoms with Gasteiger partial charge < -0.3 is 9.53 Å². The number of carboxylic acids is 1. The molecule has 4 heteroatoms. The molecule has 28 heavy (non-hydrogen) atoms. The van der Waals surface area contributed by atoms with Gasteiger partial charge in [-0.15, -0.1) is 0 Å². The Morgan fingerprint density at radius 2 is 1.68 bits per heavy atom. The Morgan fingerprint density at radius 3 is 2.21 bits per heavy atom. The molecule has 0 aliphatic heterocycles. The van der Waals surface area contributed by atoms with Crippen LogP contribution in [0.15, 0.2) is 54.6 Å². The van der Waals surface area contributed by atoms with E-state index >= 15 is 0 Å². The van der Waals surface area contributed by atoms with Crippen molar-refractivity contribution in [3.05, 3.63) is 76.9 Å². The fraction of sp³-hybridized carbons (Fsp3) is 0.292. The van der Waals surface area contributed by atoms with Crippen molar-refractivity contribution >= 4 is 20.4 Å². The van der Waals surface area contributed by atoms with Crippen LogP contribution >= 0.6 is 0 Å². The van der Waals surface area contributed by atoms with Crippen LogP contribution in [0, 0.1) is 11.8 Å². The molecule has 0 saturated heterocycles. The Hall–Kier alpha value is -2.61. The third-order valence-electron chi connectivity index (χ3n) is 5.09. The Bertz CT molecular complexity index is 890. The van der Waals surface area contributed by atoms with Gasteiger partial charge in [0.15, 0.2) is 8.32 Å². The van der Waals surface area contributed by atoms with E-state index in [0.717, 1.165) is 11.1 Å². The summed E-state index contributed by atoms with van der Waals surface area (Å²) in [7, 11) is -1.73. The molecule has 2 aromatic carbocycles. The van der Waals surface area contributed by atoms with Gasteiger partial charge in [-0.3, -0.25) is 0 Å². The molecule has 0 unspecified atom stereocenters. The Kier molecular flexibility index (Phi) is 7.01. The highest BCUT2D eigenvalue weighted by atomic mass is 28.4. The zero-order valence-corrected chi connectivity index (χ0v) is 18.2. The van der Waals surface area contributed by atoms with Crippen LogP contribution in [0.1, 0.15) is 47.8 Å². The molecular weight excluding hydrogens is 364 g/mol. The van der Waals surface area contributed by atoms with Gasteiger partial charge in [0, 0.05) is 5.56 Å². The lowest BCUT2D eigenvalue weighted by atomic mass is 10.1. The van der Waals surface area contributed by atoms with E-state index < -0.39 is 14.3 Å². The van der Waals surface area contributed by atoms with Crippen molar-refractivity contribution in [1.82, 2.24) is 0 Å². The summed E-state index contributed by atoms with van der Waals surface area (Å²) in [6.07, 6.45) is 3.75. The first kappa shape index (κ1) is 21.7. The van der Waals surface area contributed by atoms with E-state index in [2.05, 4.69) is 70.0 Å². The lowest BCUT2D eigenvalue weighted by Gasteiger charge is -2.36. The Balaban J connectivity index is 1.93. The molecule has 0 saturated carbocycles. The maximum Gasteiger partial charge on any atom is 0.335 e. The molecule has 2 aromatic rings. The molecule has 0 radical (unpaired) electrons. The summed E-state index contributed by atoms with van der Waals surface area (Å²) < 4.78 is 6.25. The molecule has 1 N–H and O–H groups in total. The number of hydrogen-bond donors (Lipinski definition) is 1. The SMILES string of the molecule is CC(C)(C)[Si](C)(C)OCc1ccc(/C=C/C#Cc2ccc(C(=O)O)cc2)cc1. The van der Waals surface area contributed by atoms with Crippen molar-refractivity contribution in [2.24, 2.45) is 0 Å². The van der Waals surface area contributed by atoms with Crippen molar-refractivity contribution in [2.75, 3.05) is 0 Å². The molecule has 0 atom stereocenters. The van der Waals surface area contributed by atoms with Gasteiger partial charge in [0.1, 0.15) is 0 Å². The molecule has 0 spiro atoms. The number of carbonyl (C=O) groups is 1. The van der Waals surface area contributed by atoms with E-state index in [9.17, 15) is 4.79 Å². The van der Waals surface area contributed by atoms with Crippen LogP contribution in [-0.2, 0) is 11.0 Å². The van der Waals surface area contributed by atoms with Gasteiger partial charge in [-0.05, 0) is 65.7 Å². The van der Waals surface area contributed by atoms with Crippen molar-refractivity contribution in [2.45, 2.75) is 45.5 Å². The van der Waals surface area contributed by atoms with E-state index in [1.807, 2.05) is 6.08 Å². The summed E-state index contributed by atoms with van der Waals surface area (Å²) in [6, 6.07) is 14.8. The first-order valence-electron chi connectivity index (χ1n) is 9.33. The average Bonchev–Trinajstić information content (AvgIpc) is 2.64. The van der Waals surface area contributed by atoms with E-state index in [0.29, 0.717) is 6.61 Å². The number of hydrogen-bond acceptors (Lipinski definition) is 2. The zero-order chi connectivity index (χ0) is 20.8. The third kappa shape index (κ3) is 6.23. The van der Waals surface area contributed by atoms with Crippen LogP contribution in [0.3, 0.4) is 0 Å². The minimum atomic E-state index is -1.73. The van der Waals surface area contributed by atoms with Crippen molar-refractivity contribution in [3.8, 4) is 11.8 Å². The van der Waals surface area contributed by atoms with E-state index in [1.165, 1.54) is 5.56 Å². The second-order valence-corrected chi connectivity index (χ2v) is 13.1. The van der Waals surface area contributed by atoms with E-state index in [1.54, 1.807) is 30.3 Å². The van der Waals surface area contributed by atoms with Gasteiger partial charge in [0.25, 0.3) is 0 Å². The highest BCUT2D eigenvalue weighted by molar-refractivity contribution is 6.74. The predicted octanol–water partition coefficient (Wildman–Crippen LogP) is 5.97. The first-order chi connectivity index (χ1) is 13.1. The number of allylic oxidation sites excluding steroid dienone is 1. The lowest BCUT2D eigenvalue weighted by Crippen LogP contribution is -2.40. The quantitative estimate of drug-likeness (QED) is 0.503. The number of carboxylic acid groups (broad SMARTS) is 1. The maximum absolute atomic E-state index is 10.8. The van der Waals surface area contributed by atoms with Gasteiger partial charge in [0.2, 0.25) is 0 Å². The van der Waals surface area contributed by atoms with Crippen LogP contribution < -0.4 is 0 Å². The largest absolute Gasteiger partial charge is 0.478 e. The van der Waals surface area contributed by atoms with Crippen molar-refractivity contribution in [1.29, 1.82) is 0 Å². The summed E-state index contributed by atoms with van der Waals surface area (Å²) >= 11 is 0. The molecule has 0 heterocycles. The molecule has 0 amide bonds. The lowest BCUT2D eigenvalue weighted by molar-refractivity contribution is 0.0697. The van der Waals surface area contributed by atoms with Gasteiger partial charge in [-0.25, -0.2) is 4.79 Å². The maximum atomic E-state index is 10.8. The molecule has 0 aromatic heterocycles. The van der Waals surface area contributed by atoms with Gasteiger partial charge in [-0.1, -0.05) is 56.9 Å². The summed E-state index contributed by atoms with van der Waals surface area (Å²) in [5, 5.41) is 9.10. The smallest absolute Gasteiger partial charge is 0.335 e. The number of rotatable bonds is 5. The summed E-state index contributed by atoms with van der Waals surface area (Å²) in [5.41, 5.74) is 3.30. The molecule has 0 aliphatic rings. The van der Waals surface area contributed by atoms with Crippen LogP contribution in [-0.4, -0.2) is 19.4 Å². The first-order valence-corrected chi connectivity index (χ1v) is 12.2. The fourth-order valence-electron chi connectivity index (χ4n) is 2.16. The minimum absolute atomic E-state index is 0.211. The summed E-state index contributed by atoms with van der Waals surface area (Å²) in [5.74, 6) is 5.04.